The molecule has 94 valence electrons. The van der Waals surface area contributed by atoms with E-state index < -0.39 is 10.0 Å². The van der Waals surface area contributed by atoms with Crippen molar-refractivity contribution in [3.63, 3.8) is 0 Å². The molecule has 1 aromatic carbocycles. The first-order chi connectivity index (χ1) is 8.56. The van der Waals surface area contributed by atoms with Crippen molar-refractivity contribution in [1.29, 1.82) is 0 Å². The Balaban J connectivity index is 2.66. The summed E-state index contributed by atoms with van der Waals surface area (Å²) in [4.78, 5) is 4.47. The van der Waals surface area contributed by atoms with Gasteiger partial charge < -0.3 is 0 Å². The predicted octanol–water partition coefficient (Wildman–Crippen LogP) is 2.01. The van der Waals surface area contributed by atoms with Gasteiger partial charge in [-0.25, -0.2) is 13.1 Å². The summed E-state index contributed by atoms with van der Waals surface area (Å²) in [5, 5.41) is 0.633. The minimum atomic E-state index is -3.53. The van der Waals surface area contributed by atoms with Crippen molar-refractivity contribution in [2.75, 3.05) is 6.54 Å². The maximum Gasteiger partial charge on any atom is 0.241 e. The molecule has 2 aromatic rings. The van der Waals surface area contributed by atoms with Crippen molar-refractivity contribution in [3.05, 3.63) is 48.7 Å². The van der Waals surface area contributed by atoms with Gasteiger partial charge in [-0.1, -0.05) is 12.1 Å². The van der Waals surface area contributed by atoms with Crippen LogP contribution in [0.1, 0.15) is 5.56 Å². The van der Waals surface area contributed by atoms with E-state index in [-0.39, 0.29) is 11.4 Å². The fraction of sp³-hybridized carbons (Fsp3) is 0.154. The quantitative estimate of drug-likeness (QED) is 0.857. The Kier molecular flexibility index (Phi) is 3.45. The number of pyridine rings is 1. The summed E-state index contributed by atoms with van der Waals surface area (Å²) in [6.07, 6.45) is 3.16. The molecule has 0 unspecified atom stereocenters. The lowest BCUT2D eigenvalue weighted by atomic mass is 10.1. The molecule has 1 N–H and O–H groups in total. The van der Waals surface area contributed by atoms with Crippen molar-refractivity contribution in [2.45, 2.75) is 11.8 Å². The van der Waals surface area contributed by atoms with E-state index in [0.29, 0.717) is 10.9 Å². The summed E-state index contributed by atoms with van der Waals surface area (Å²) in [5.41, 5.74) is 1.66. The standard InChI is InChI=1S/C13H14N2O2S/c1-3-8-15-18(16,17)12-7-6-10(2)13-11(12)5-4-9-14-13/h3-7,9,15H,1,8H2,2H3. The highest BCUT2D eigenvalue weighted by Gasteiger charge is 2.17. The normalized spacial score (nSPS) is 11.6. The van der Waals surface area contributed by atoms with E-state index in [1.165, 1.54) is 6.08 Å². The summed E-state index contributed by atoms with van der Waals surface area (Å²) in [7, 11) is -3.53. The lowest BCUT2D eigenvalue weighted by molar-refractivity contribution is 0.586. The van der Waals surface area contributed by atoms with Crippen LogP contribution >= 0.6 is 0 Å². The highest BCUT2D eigenvalue weighted by molar-refractivity contribution is 7.89. The molecule has 0 radical (unpaired) electrons. The maximum absolute atomic E-state index is 12.1. The first kappa shape index (κ1) is 12.7. The molecule has 0 atom stereocenters. The first-order valence-corrected chi connectivity index (χ1v) is 6.99. The number of aryl methyl sites for hydroxylation is 1. The molecule has 0 saturated carbocycles. The molecule has 0 spiro atoms. The Hall–Kier alpha value is -1.72. The minimum absolute atomic E-state index is 0.206. The van der Waals surface area contributed by atoms with E-state index in [0.717, 1.165) is 5.56 Å². The minimum Gasteiger partial charge on any atom is -0.256 e. The van der Waals surface area contributed by atoms with Gasteiger partial charge in [-0.3, -0.25) is 4.98 Å². The Morgan fingerprint density at radius 3 is 2.89 bits per heavy atom. The van der Waals surface area contributed by atoms with Crippen molar-refractivity contribution in [2.24, 2.45) is 0 Å². The summed E-state index contributed by atoms with van der Waals surface area (Å²) in [6.45, 7) is 5.61. The zero-order valence-corrected chi connectivity index (χ0v) is 10.9. The molecule has 0 amide bonds. The van der Waals surface area contributed by atoms with Gasteiger partial charge in [0.2, 0.25) is 10.0 Å². The average Bonchev–Trinajstić information content (AvgIpc) is 2.37. The molecule has 0 saturated heterocycles. The zero-order valence-electron chi connectivity index (χ0n) is 10.1. The van der Waals surface area contributed by atoms with Gasteiger partial charge in [0.05, 0.1) is 10.4 Å². The van der Waals surface area contributed by atoms with E-state index >= 15 is 0 Å². The number of hydrogen-bond acceptors (Lipinski definition) is 3. The van der Waals surface area contributed by atoms with E-state index in [4.69, 9.17) is 0 Å². The number of hydrogen-bond donors (Lipinski definition) is 1. The van der Waals surface area contributed by atoms with Crippen LogP contribution in [0, 0.1) is 6.92 Å². The smallest absolute Gasteiger partial charge is 0.241 e. The maximum atomic E-state index is 12.1. The molecular weight excluding hydrogens is 248 g/mol. The summed E-state index contributed by atoms with van der Waals surface area (Å²) in [6, 6.07) is 6.86. The van der Waals surface area contributed by atoms with Crippen molar-refractivity contribution in [1.82, 2.24) is 9.71 Å². The van der Waals surface area contributed by atoms with E-state index in [1.807, 2.05) is 6.92 Å². The number of rotatable bonds is 4. The summed E-state index contributed by atoms with van der Waals surface area (Å²) < 4.78 is 26.7. The van der Waals surface area contributed by atoms with Gasteiger partial charge in [0.25, 0.3) is 0 Å². The summed E-state index contributed by atoms with van der Waals surface area (Å²) >= 11 is 0. The fourth-order valence-electron chi connectivity index (χ4n) is 1.77. The van der Waals surface area contributed by atoms with Crippen LogP contribution in [0.4, 0.5) is 0 Å². The van der Waals surface area contributed by atoms with E-state index in [1.54, 1.807) is 30.5 Å². The number of nitrogens with one attached hydrogen (secondary N) is 1. The highest BCUT2D eigenvalue weighted by atomic mass is 32.2. The molecule has 0 aliphatic heterocycles. The second-order valence-electron chi connectivity index (χ2n) is 3.92. The molecule has 4 nitrogen and oxygen atoms in total. The van der Waals surface area contributed by atoms with Crippen molar-refractivity contribution >= 4 is 20.9 Å². The fourth-order valence-corrected chi connectivity index (χ4v) is 2.96. The van der Waals surface area contributed by atoms with E-state index in [2.05, 4.69) is 16.3 Å². The van der Waals surface area contributed by atoms with Crippen LogP contribution in [0.3, 0.4) is 0 Å². The van der Waals surface area contributed by atoms with Crippen LogP contribution in [0.25, 0.3) is 10.9 Å². The van der Waals surface area contributed by atoms with Crippen LogP contribution in [0.2, 0.25) is 0 Å². The van der Waals surface area contributed by atoms with Crippen LogP contribution in [-0.4, -0.2) is 19.9 Å². The SMILES string of the molecule is C=CCNS(=O)(=O)c1ccc(C)c2ncccc12. The molecular formula is C13H14N2O2S. The molecule has 2 rings (SSSR count). The number of fused-ring (bicyclic) bond motifs is 1. The van der Waals surface area contributed by atoms with Crippen LogP contribution in [0.15, 0.2) is 48.0 Å². The van der Waals surface area contributed by atoms with Gasteiger partial charge in [0.1, 0.15) is 0 Å². The van der Waals surface area contributed by atoms with Gasteiger partial charge >= 0.3 is 0 Å². The van der Waals surface area contributed by atoms with Crippen molar-refractivity contribution in [3.8, 4) is 0 Å². The molecule has 1 heterocycles. The third-order valence-electron chi connectivity index (χ3n) is 2.64. The Morgan fingerprint density at radius 2 is 2.17 bits per heavy atom. The Morgan fingerprint density at radius 1 is 1.39 bits per heavy atom. The topological polar surface area (TPSA) is 59.1 Å². The van der Waals surface area contributed by atoms with Gasteiger partial charge in [0, 0.05) is 18.1 Å². The lowest BCUT2D eigenvalue weighted by Gasteiger charge is -2.09. The van der Waals surface area contributed by atoms with Gasteiger partial charge in [-0.2, -0.15) is 0 Å². The number of nitrogens with zero attached hydrogens (tertiary/aromatic N) is 1. The van der Waals surface area contributed by atoms with Crippen LogP contribution < -0.4 is 4.72 Å². The monoisotopic (exact) mass is 262 g/mol. The van der Waals surface area contributed by atoms with Crippen LogP contribution in [-0.2, 0) is 10.0 Å². The van der Waals surface area contributed by atoms with Crippen LogP contribution in [0.5, 0.6) is 0 Å². The molecule has 5 heteroatoms. The number of sulfonamides is 1. The Labute approximate surface area is 106 Å². The molecule has 0 bridgehead atoms. The predicted molar refractivity (Wildman–Crippen MR) is 71.9 cm³/mol. The lowest BCUT2D eigenvalue weighted by Crippen LogP contribution is -2.23. The molecule has 1 aromatic heterocycles. The third-order valence-corrected chi connectivity index (χ3v) is 4.12. The molecule has 0 aliphatic rings. The van der Waals surface area contributed by atoms with Gasteiger partial charge in [-0.15, -0.1) is 6.58 Å². The number of benzene rings is 1. The van der Waals surface area contributed by atoms with Crippen molar-refractivity contribution < 1.29 is 8.42 Å². The second kappa shape index (κ2) is 4.88. The Bertz CT molecular complexity index is 693. The average molecular weight is 262 g/mol. The molecule has 0 fully saturated rings. The third kappa shape index (κ3) is 2.27. The van der Waals surface area contributed by atoms with E-state index in [9.17, 15) is 8.42 Å². The largest absolute Gasteiger partial charge is 0.256 e. The van der Waals surface area contributed by atoms with Gasteiger partial charge in [-0.05, 0) is 30.7 Å². The molecule has 18 heavy (non-hydrogen) atoms. The summed E-state index contributed by atoms with van der Waals surface area (Å²) in [5.74, 6) is 0. The van der Waals surface area contributed by atoms with Gasteiger partial charge in [0.15, 0.2) is 0 Å². The highest BCUT2D eigenvalue weighted by Crippen LogP contribution is 2.23. The first-order valence-electron chi connectivity index (χ1n) is 5.51. The number of aromatic nitrogens is 1. The second-order valence-corrected chi connectivity index (χ2v) is 5.66. The molecule has 0 aliphatic carbocycles. The zero-order chi connectivity index (χ0) is 13.2.